The summed E-state index contributed by atoms with van der Waals surface area (Å²) in [5.74, 6) is -0.591. The summed E-state index contributed by atoms with van der Waals surface area (Å²) in [6, 6.07) is 26.6. The van der Waals surface area contributed by atoms with E-state index in [0.717, 1.165) is 16.7 Å². The molecule has 9 nitrogen and oxygen atoms in total. The van der Waals surface area contributed by atoms with Crippen molar-refractivity contribution in [2.24, 2.45) is 5.10 Å². The number of aryl methyl sites for hydroxylation is 2. The monoisotopic (exact) mass is 605 g/mol. The minimum Gasteiger partial charge on any atom is -0.379 e. The Hall–Kier alpha value is -4.32. The number of amides is 1. The molecule has 1 amide bonds. The molecule has 2 N–H and O–H groups in total. The highest BCUT2D eigenvalue weighted by atomic mass is 32.2. The number of hydrogen-bond acceptors (Lipinski definition) is 7. The predicted octanol–water partition coefficient (Wildman–Crippen LogP) is 4.50. The molecule has 218 valence electrons. The summed E-state index contributed by atoms with van der Waals surface area (Å²) < 4.78 is 59.3. The second-order valence-corrected chi connectivity index (χ2v) is 13.0. The van der Waals surface area contributed by atoms with Gasteiger partial charge in [-0.15, -0.1) is 0 Å². The minimum atomic E-state index is -4.06. The van der Waals surface area contributed by atoms with Crippen LogP contribution in [0.25, 0.3) is 0 Å². The molecular weight excluding hydrogens is 574 g/mol. The molecule has 0 aliphatic rings. The Kier molecular flexibility index (Phi) is 9.56. The predicted molar refractivity (Wildman–Crippen MR) is 161 cm³/mol. The number of nitrogens with zero attached hydrogens (tertiary/aromatic N) is 1. The first-order valence-corrected chi connectivity index (χ1v) is 15.9. The van der Waals surface area contributed by atoms with Crippen LogP contribution in [-0.4, -0.2) is 34.5 Å². The van der Waals surface area contributed by atoms with E-state index in [1.807, 2.05) is 44.2 Å². The topological polar surface area (TPSA) is 131 Å². The van der Waals surface area contributed by atoms with Crippen molar-refractivity contribution in [1.29, 1.82) is 0 Å². The number of hydrogen-bond donors (Lipinski definition) is 2. The molecule has 42 heavy (non-hydrogen) atoms. The molecule has 0 bridgehead atoms. The van der Waals surface area contributed by atoms with Crippen molar-refractivity contribution < 1.29 is 25.8 Å². The Morgan fingerprint density at radius 3 is 1.88 bits per heavy atom. The quantitative estimate of drug-likeness (QED) is 0.147. The van der Waals surface area contributed by atoms with Gasteiger partial charge in [0, 0.05) is 0 Å². The van der Waals surface area contributed by atoms with Gasteiger partial charge >= 0.3 is 10.1 Å². The average Bonchev–Trinajstić information content (AvgIpc) is 2.97. The second-order valence-electron chi connectivity index (χ2n) is 9.72. The zero-order valence-corrected chi connectivity index (χ0v) is 24.9. The Labute approximate surface area is 246 Å². The van der Waals surface area contributed by atoms with Crippen LogP contribution in [0.15, 0.2) is 118 Å². The highest BCUT2D eigenvalue weighted by molar-refractivity contribution is 7.89. The number of benzene rings is 4. The van der Waals surface area contributed by atoms with E-state index in [0.29, 0.717) is 11.3 Å². The molecule has 11 heteroatoms. The molecule has 0 aliphatic carbocycles. The van der Waals surface area contributed by atoms with Crippen LogP contribution in [0.5, 0.6) is 5.75 Å². The van der Waals surface area contributed by atoms with Crippen molar-refractivity contribution in [3.63, 3.8) is 0 Å². The fourth-order valence-corrected chi connectivity index (χ4v) is 6.04. The minimum absolute atomic E-state index is 0.0138. The standard InChI is InChI=1S/C31H31N3O6S2/c1-22-9-17-28(18-10-22)41(36,37)34-30(31(35)33-32-24(3)26-7-5-4-6-8-26)21-25-13-15-27(16-14-25)40-42(38,39)29-19-11-23(2)12-20-29/h4-20,30,34H,21H2,1-3H3,(H,33,35)/b32-24-/t30-/m1/s1. The molecule has 0 saturated heterocycles. The van der Waals surface area contributed by atoms with Crippen LogP contribution in [0.3, 0.4) is 0 Å². The number of hydrazone groups is 1. The number of sulfonamides is 1. The average molecular weight is 606 g/mol. The normalized spacial score (nSPS) is 12.9. The summed E-state index contributed by atoms with van der Waals surface area (Å²) >= 11 is 0. The van der Waals surface area contributed by atoms with Crippen LogP contribution in [0.4, 0.5) is 0 Å². The van der Waals surface area contributed by atoms with Gasteiger partial charge in [0.15, 0.2) is 0 Å². The number of rotatable bonds is 11. The molecule has 4 aromatic carbocycles. The fourth-order valence-electron chi connectivity index (χ4n) is 3.92. The molecule has 0 heterocycles. The molecule has 0 spiro atoms. The SMILES string of the molecule is C/C(=N/NC(=O)[C@@H](Cc1ccc(OS(=O)(=O)c2ccc(C)cc2)cc1)NS(=O)(=O)c1ccc(C)cc1)c1ccccc1. The molecule has 1 atom stereocenters. The van der Waals surface area contributed by atoms with E-state index < -0.39 is 32.1 Å². The third-order valence-corrected chi connectivity index (χ3v) is 9.10. The van der Waals surface area contributed by atoms with Crippen LogP contribution in [-0.2, 0) is 31.4 Å². The molecule has 0 fully saturated rings. The van der Waals surface area contributed by atoms with Crippen LogP contribution >= 0.6 is 0 Å². The second kappa shape index (κ2) is 13.1. The van der Waals surface area contributed by atoms with Gasteiger partial charge in [-0.3, -0.25) is 4.79 Å². The highest BCUT2D eigenvalue weighted by Gasteiger charge is 2.26. The van der Waals surface area contributed by atoms with Gasteiger partial charge in [-0.05, 0) is 74.7 Å². The Balaban J connectivity index is 1.54. The van der Waals surface area contributed by atoms with Crippen molar-refractivity contribution in [1.82, 2.24) is 10.1 Å². The Bertz CT molecular complexity index is 1770. The van der Waals surface area contributed by atoms with Crippen molar-refractivity contribution in [2.75, 3.05) is 0 Å². The Morgan fingerprint density at radius 2 is 1.31 bits per heavy atom. The zero-order valence-electron chi connectivity index (χ0n) is 23.3. The zero-order chi connectivity index (χ0) is 30.3. The van der Waals surface area contributed by atoms with Gasteiger partial charge in [0.1, 0.15) is 16.7 Å². The lowest BCUT2D eigenvalue weighted by molar-refractivity contribution is -0.122. The summed E-state index contributed by atoms with van der Waals surface area (Å²) in [4.78, 5) is 13.3. The molecule has 0 unspecified atom stereocenters. The smallest absolute Gasteiger partial charge is 0.339 e. The van der Waals surface area contributed by atoms with E-state index >= 15 is 0 Å². The van der Waals surface area contributed by atoms with Gasteiger partial charge in [-0.25, -0.2) is 13.8 Å². The van der Waals surface area contributed by atoms with Crippen molar-refractivity contribution in [3.8, 4) is 5.75 Å². The van der Waals surface area contributed by atoms with E-state index in [1.165, 1.54) is 36.4 Å². The Morgan fingerprint density at radius 1 is 0.762 bits per heavy atom. The van der Waals surface area contributed by atoms with Crippen molar-refractivity contribution in [3.05, 3.63) is 125 Å². The summed E-state index contributed by atoms with van der Waals surface area (Å²) in [7, 11) is -8.11. The van der Waals surface area contributed by atoms with Gasteiger partial charge in [-0.1, -0.05) is 77.9 Å². The summed E-state index contributed by atoms with van der Waals surface area (Å²) in [5.41, 5.74) is 6.17. The van der Waals surface area contributed by atoms with Gasteiger partial charge < -0.3 is 4.18 Å². The molecule has 0 aliphatic heterocycles. The van der Waals surface area contributed by atoms with E-state index in [9.17, 15) is 21.6 Å². The van der Waals surface area contributed by atoms with Crippen LogP contribution in [0, 0.1) is 13.8 Å². The molecule has 0 radical (unpaired) electrons. The maximum Gasteiger partial charge on any atom is 0.339 e. The molecular formula is C31H31N3O6S2. The molecule has 0 aromatic heterocycles. The maximum atomic E-state index is 13.2. The lowest BCUT2D eigenvalue weighted by Gasteiger charge is -2.18. The fraction of sp³-hybridized carbons (Fsp3) is 0.161. The summed E-state index contributed by atoms with van der Waals surface area (Å²) in [5, 5.41) is 4.16. The lowest BCUT2D eigenvalue weighted by atomic mass is 10.1. The first-order chi connectivity index (χ1) is 19.9. The largest absolute Gasteiger partial charge is 0.379 e. The first-order valence-electron chi connectivity index (χ1n) is 13.0. The third kappa shape index (κ3) is 8.12. The third-order valence-electron chi connectivity index (χ3n) is 6.35. The van der Waals surface area contributed by atoms with Crippen LogP contribution in [0.1, 0.15) is 29.2 Å². The van der Waals surface area contributed by atoms with Crippen LogP contribution in [0.2, 0.25) is 0 Å². The molecule has 0 saturated carbocycles. The highest BCUT2D eigenvalue weighted by Crippen LogP contribution is 2.21. The van der Waals surface area contributed by atoms with Gasteiger partial charge in [0.25, 0.3) is 5.91 Å². The molecule has 4 rings (SSSR count). The van der Waals surface area contributed by atoms with E-state index in [2.05, 4.69) is 15.2 Å². The maximum absolute atomic E-state index is 13.2. The lowest BCUT2D eigenvalue weighted by Crippen LogP contribution is -2.46. The van der Waals surface area contributed by atoms with Gasteiger partial charge in [0.2, 0.25) is 10.0 Å². The van der Waals surface area contributed by atoms with Gasteiger partial charge in [-0.2, -0.15) is 18.2 Å². The summed E-state index contributed by atoms with van der Waals surface area (Å²) in [6.45, 7) is 5.41. The summed E-state index contributed by atoms with van der Waals surface area (Å²) in [6.07, 6.45) is -0.0399. The first kappa shape index (κ1) is 30.6. The molecule has 4 aromatic rings. The number of carbonyl (C=O) groups is 1. The number of nitrogens with one attached hydrogen (secondary N) is 2. The number of carbonyl (C=O) groups excluding carboxylic acids is 1. The van der Waals surface area contributed by atoms with E-state index in [-0.39, 0.29) is 22.0 Å². The van der Waals surface area contributed by atoms with Crippen molar-refractivity contribution in [2.45, 2.75) is 43.0 Å². The van der Waals surface area contributed by atoms with Crippen LogP contribution < -0.4 is 14.3 Å². The van der Waals surface area contributed by atoms with Crippen molar-refractivity contribution >= 4 is 31.8 Å². The van der Waals surface area contributed by atoms with E-state index in [4.69, 9.17) is 4.18 Å². The van der Waals surface area contributed by atoms with Gasteiger partial charge in [0.05, 0.1) is 10.6 Å². The van der Waals surface area contributed by atoms with E-state index in [1.54, 1.807) is 43.3 Å².